The summed E-state index contributed by atoms with van der Waals surface area (Å²) in [4.78, 5) is 25.1. The van der Waals surface area contributed by atoms with Gasteiger partial charge in [-0.3, -0.25) is 4.79 Å². The summed E-state index contributed by atoms with van der Waals surface area (Å²) in [5, 5.41) is 2.63. The van der Waals surface area contributed by atoms with E-state index in [4.69, 9.17) is 18.9 Å². The lowest BCUT2D eigenvalue weighted by atomic mass is 10.1. The van der Waals surface area contributed by atoms with Gasteiger partial charge in [-0.2, -0.15) is 0 Å². The fourth-order valence-corrected chi connectivity index (χ4v) is 2.53. The van der Waals surface area contributed by atoms with Gasteiger partial charge in [0, 0.05) is 5.56 Å². The Morgan fingerprint density at radius 2 is 1.79 bits per heavy atom. The number of carbonyl (C=O) groups is 2. The van der Waals surface area contributed by atoms with E-state index in [1.807, 2.05) is 0 Å². The van der Waals surface area contributed by atoms with E-state index < -0.39 is 11.9 Å². The minimum Gasteiger partial charge on any atom is -0.497 e. The third kappa shape index (κ3) is 4.62. The number of hydrogen-bond acceptors (Lipinski definition) is 6. The van der Waals surface area contributed by atoms with Crippen LogP contribution in [0.5, 0.6) is 17.2 Å². The molecule has 7 heteroatoms. The molecular weight excluding hydrogens is 362 g/mol. The van der Waals surface area contributed by atoms with Gasteiger partial charge in [0.05, 0.1) is 13.2 Å². The standard InChI is InChI=1S/C21H21NO6/c1-13(2)28-21(24)17(10-14-4-9-18-19(11-14)27-12-26-18)22-20(23)15-5-7-16(25-3)8-6-15/h4-11,13H,12H2,1-3H3,(H,22,23)/b17-10+. The summed E-state index contributed by atoms with van der Waals surface area (Å²) in [7, 11) is 1.54. The first-order chi connectivity index (χ1) is 13.5. The quantitative estimate of drug-likeness (QED) is 0.610. The van der Waals surface area contributed by atoms with Crippen molar-refractivity contribution in [1.82, 2.24) is 5.32 Å². The van der Waals surface area contributed by atoms with Crippen molar-refractivity contribution in [2.45, 2.75) is 20.0 Å². The van der Waals surface area contributed by atoms with Crippen molar-refractivity contribution in [2.75, 3.05) is 13.9 Å². The van der Waals surface area contributed by atoms with Gasteiger partial charge in [0.1, 0.15) is 11.4 Å². The van der Waals surface area contributed by atoms with Crippen LogP contribution in [0.2, 0.25) is 0 Å². The van der Waals surface area contributed by atoms with Crippen molar-refractivity contribution in [1.29, 1.82) is 0 Å². The number of carbonyl (C=O) groups excluding carboxylic acids is 2. The molecule has 2 aromatic carbocycles. The van der Waals surface area contributed by atoms with Crippen molar-refractivity contribution in [3.8, 4) is 17.2 Å². The first-order valence-corrected chi connectivity index (χ1v) is 8.74. The second-order valence-electron chi connectivity index (χ2n) is 6.31. The van der Waals surface area contributed by atoms with Crippen LogP contribution < -0.4 is 19.5 Å². The van der Waals surface area contributed by atoms with E-state index >= 15 is 0 Å². The molecule has 0 spiro atoms. The Morgan fingerprint density at radius 1 is 1.07 bits per heavy atom. The fraction of sp³-hybridized carbons (Fsp3) is 0.238. The van der Waals surface area contributed by atoms with Gasteiger partial charge >= 0.3 is 5.97 Å². The monoisotopic (exact) mass is 383 g/mol. The lowest BCUT2D eigenvalue weighted by Gasteiger charge is -2.13. The Labute approximate surface area is 162 Å². The number of benzene rings is 2. The molecule has 1 heterocycles. The Morgan fingerprint density at radius 3 is 2.46 bits per heavy atom. The zero-order valence-corrected chi connectivity index (χ0v) is 15.9. The Kier molecular flexibility index (Phi) is 5.84. The minimum atomic E-state index is -0.630. The first-order valence-electron chi connectivity index (χ1n) is 8.74. The van der Waals surface area contributed by atoms with E-state index in [0.29, 0.717) is 28.4 Å². The molecule has 1 N–H and O–H groups in total. The van der Waals surface area contributed by atoms with Gasteiger partial charge in [-0.1, -0.05) is 6.07 Å². The molecule has 1 aliphatic heterocycles. The highest BCUT2D eigenvalue weighted by atomic mass is 16.7. The maximum absolute atomic E-state index is 12.6. The number of amides is 1. The SMILES string of the molecule is COc1ccc(C(=O)N/C(=C/c2ccc3c(c2)OCO3)C(=O)OC(C)C)cc1. The van der Waals surface area contributed by atoms with Crippen LogP contribution >= 0.6 is 0 Å². The third-order valence-corrected chi connectivity index (χ3v) is 3.87. The molecule has 1 amide bonds. The molecule has 0 aliphatic carbocycles. The molecule has 0 unspecified atom stereocenters. The predicted octanol–water partition coefficient (Wildman–Crippen LogP) is 3.15. The average Bonchev–Trinajstić information content (AvgIpc) is 3.14. The molecule has 28 heavy (non-hydrogen) atoms. The molecule has 3 rings (SSSR count). The van der Waals surface area contributed by atoms with Gasteiger partial charge in [0.15, 0.2) is 11.5 Å². The van der Waals surface area contributed by atoms with Crippen LogP contribution in [0.1, 0.15) is 29.8 Å². The normalized spacial score (nSPS) is 12.6. The molecule has 0 atom stereocenters. The summed E-state index contributed by atoms with van der Waals surface area (Å²) in [6.45, 7) is 3.63. The van der Waals surface area contributed by atoms with E-state index in [1.165, 1.54) is 6.08 Å². The molecule has 0 saturated heterocycles. The van der Waals surface area contributed by atoms with Gasteiger partial charge in [-0.05, 0) is 61.9 Å². The van der Waals surface area contributed by atoms with Crippen LogP contribution in [0.15, 0.2) is 48.2 Å². The Bertz CT molecular complexity index is 902. The maximum Gasteiger partial charge on any atom is 0.355 e. The van der Waals surface area contributed by atoms with E-state index in [2.05, 4.69) is 5.32 Å². The van der Waals surface area contributed by atoms with Crippen LogP contribution in [-0.2, 0) is 9.53 Å². The van der Waals surface area contributed by atoms with Gasteiger partial charge in [0.25, 0.3) is 5.91 Å². The summed E-state index contributed by atoms with van der Waals surface area (Å²) in [5.41, 5.74) is 1.07. The zero-order chi connectivity index (χ0) is 20.1. The highest BCUT2D eigenvalue weighted by molar-refractivity contribution is 6.03. The highest BCUT2D eigenvalue weighted by Gasteiger charge is 2.19. The zero-order valence-electron chi connectivity index (χ0n) is 15.9. The molecule has 2 aromatic rings. The van der Waals surface area contributed by atoms with Gasteiger partial charge in [-0.25, -0.2) is 4.79 Å². The predicted molar refractivity (Wildman–Crippen MR) is 102 cm³/mol. The highest BCUT2D eigenvalue weighted by Crippen LogP contribution is 2.33. The molecule has 0 aromatic heterocycles. The van der Waals surface area contributed by atoms with E-state index in [9.17, 15) is 9.59 Å². The molecular formula is C21H21NO6. The molecule has 0 fully saturated rings. The summed E-state index contributed by atoms with van der Waals surface area (Å²) in [5.74, 6) is 0.773. The summed E-state index contributed by atoms with van der Waals surface area (Å²) in [6, 6.07) is 11.8. The number of hydrogen-bond donors (Lipinski definition) is 1. The Balaban J connectivity index is 1.85. The molecule has 0 saturated carbocycles. The lowest BCUT2D eigenvalue weighted by Crippen LogP contribution is -2.29. The number of esters is 1. The molecule has 0 bridgehead atoms. The van der Waals surface area contributed by atoms with Crippen molar-refractivity contribution >= 4 is 18.0 Å². The van der Waals surface area contributed by atoms with Gasteiger partial charge < -0.3 is 24.3 Å². The van der Waals surface area contributed by atoms with E-state index in [1.54, 1.807) is 63.4 Å². The van der Waals surface area contributed by atoms with E-state index in [0.717, 1.165) is 0 Å². The molecule has 7 nitrogen and oxygen atoms in total. The van der Waals surface area contributed by atoms with Gasteiger partial charge in [-0.15, -0.1) is 0 Å². The second-order valence-corrected chi connectivity index (χ2v) is 6.31. The number of fused-ring (bicyclic) bond motifs is 1. The van der Waals surface area contributed by atoms with Gasteiger partial charge in [0.2, 0.25) is 6.79 Å². The Hall–Kier alpha value is -3.48. The smallest absolute Gasteiger partial charge is 0.355 e. The largest absolute Gasteiger partial charge is 0.497 e. The van der Waals surface area contributed by atoms with Crippen molar-refractivity contribution < 1.29 is 28.5 Å². The summed E-state index contributed by atoms with van der Waals surface area (Å²) >= 11 is 0. The van der Waals surface area contributed by atoms with Crippen LogP contribution in [-0.4, -0.2) is 31.9 Å². The van der Waals surface area contributed by atoms with Crippen molar-refractivity contribution in [2.24, 2.45) is 0 Å². The topological polar surface area (TPSA) is 83.1 Å². The van der Waals surface area contributed by atoms with Crippen LogP contribution in [0, 0.1) is 0 Å². The number of nitrogens with one attached hydrogen (secondary N) is 1. The van der Waals surface area contributed by atoms with E-state index in [-0.39, 0.29) is 18.6 Å². The van der Waals surface area contributed by atoms with Crippen molar-refractivity contribution in [3.05, 3.63) is 59.3 Å². The third-order valence-electron chi connectivity index (χ3n) is 3.87. The number of ether oxygens (including phenoxy) is 4. The molecule has 1 aliphatic rings. The lowest BCUT2D eigenvalue weighted by molar-refractivity contribution is -0.142. The number of rotatable bonds is 6. The summed E-state index contributed by atoms with van der Waals surface area (Å²) in [6.07, 6.45) is 1.21. The van der Waals surface area contributed by atoms with Crippen LogP contribution in [0.25, 0.3) is 6.08 Å². The maximum atomic E-state index is 12.6. The van der Waals surface area contributed by atoms with Crippen LogP contribution in [0.4, 0.5) is 0 Å². The fourth-order valence-electron chi connectivity index (χ4n) is 2.53. The average molecular weight is 383 g/mol. The molecule has 146 valence electrons. The van der Waals surface area contributed by atoms with Crippen LogP contribution in [0.3, 0.4) is 0 Å². The first kappa shape index (κ1) is 19.3. The number of methoxy groups -OCH3 is 1. The summed E-state index contributed by atoms with van der Waals surface area (Å²) < 4.78 is 21.0. The minimum absolute atomic E-state index is 0.0217. The second kappa shape index (κ2) is 8.47. The van der Waals surface area contributed by atoms with Crippen molar-refractivity contribution in [3.63, 3.8) is 0 Å². The molecule has 0 radical (unpaired) electrons.